The molecule has 1 atom stereocenters. The first-order chi connectivity index (χ1) is 16.9. The van der Waals surface area contributed by atoms with Crippen molar-refractivity contribution in [3.05, 3.63) is 78.0 Å². The van der Waals surface area contributed by atoms with Gasteiger partial charge in [-0.15, -0.1) is 0 Å². The lowest BCUT2D eigenvalue weighted by molar-refractivity contribution is -0.117. The SMILES string of the molecule is CC(C)(C)OC(=O)N1c2ccccc2CC1C(=O)Nc1cccnc1Oc1ccccc1C(C)(C)C. The van der Waals surface area contributed by atoms with Crippen molar-refractivity contribution in [3.8, 4) is 11.6 Å². The molecule has 188 valence electrons. The fourth-order valence-corrected chi connectivity index (χ4v) is 4.20. The Bertz CT molecular complexity index is 1270. The van der Waals surface area contributed by atoms with E-state index in [1.54, 1.807) is 39.1 Å². The summed E-state index contributed by atoms with van der Waals surface area (Å²) < 4.78 is 11.8. The van der Waals surface area contributed by atoms with Crippen molar-refractivity contribution in [3.63, 3.8) is 0 Å². The Morgan fingerprint density at radius 1 is 0.944 bits per heavy atom. The molecule has 7 heteroatoms. The highest BCUT2D eigenvalue weighted by Gasteiger charge is 2.40. The third-order valence-corrected chi connectivity index (χ3v) is 5.80. The Labute approximate surface area is 212 Å². The average Bonchev–Trinajstić information content (AvgIpc) is 3.19. The predicted molar refractivity (Wildman–Crippen MR) is 141 cm³/mol. The zero-order valence-electron chi connectivity index (χ0n) is 21.7. The molecule has 1 N–H and O–H groups in total. The van der Waals surface area contributed by atoms with Gasteiger partial charge in [0.2, 0.25) is 11.8 Å². The Kier molecular flexibility index (Phi) is 6.76. The van der Waals surface area contributed by atoms with Crippen LogP contribution in [0.2, 0.25) is 0 Å². The molecule has 0 fully saturated rings. The number of carbonyl (C=O) groups excluding carboxylic acids is 2. The van der Waals surface area contributed by atoms with Gasteiger partial charge < -0.3 is 14.8 Å². The average molecular weight is 488 g/mol. The molecule has 1 aliphatic heterocycles. The van der Waals surface area contributed by atoms with Gasteiger partial charge >= 0.3 is 6.09 Å². The van der Waals surface area contributed by atoms with Crippen LogP contribution in [0.1, 0.15) is 52.7 Å². The van der Waals surface area contributed by atoms with Crippen LogP contribution in [0.15, 0.2) is 66.9 Å². The summed E-state index contributed by atoms with van der Waals surface area (Å²) in [5.74, 6) is 0.601. The lowest BCUT2D eigenvalue weighted by Gasteiger charge is -2.28. The maximum atomic E-state index is 13.6. The van der Waals surface area contributed by atoms with Crippen molar-refractivity contribution in [2.24, 2.45) is 0 Å². The van der Waals surface area contributed by atoms with E-state index in [4.69, 9.17) is 9.47 Å². The van der Waals surface area contributed by atoms with E-state index >= 15 is 0 Å². The van der Waals surface area contributed by atoms with Crippen LogP contribution in [0.5, 0.6) is 11.6 Å². The second kappa shape index (κ2) is 9.64. The Morgan fingerprint density at radius 2 is 1.64 bits per heavy atom. The van der Waals surface area contributed by atoms with E-state index in [0.29, 0.717) is 23.5 Å². The van der Waals surface area contributed by atoms with Crippen LogP contribution in [0.25, 0.3) is 0 Å². The fourth-order valence-electron chi connectivity index (χ4n) is 4.20. The van der Waals surface area contributed by atoms with Crippen molar-refractivity contribution < 1.29 is 19.1 Å². The number of nitrogens with one attached hydrogen (secondary N) is 1. The quantitative estimate of drug-likeness (QED) is 0.456. The van der Waals surface area contributed by atoms with Crippen molar-refractivity contribution in [1.82, 2.24) is 4.98 Å². The summed E-state index contributed by atoms with van der Waals surface area (Å²) in [6.07, 6.45) is 1.43. The Morgan fingerprint density at radius 3 is 2.36 bits per heavy atom. The number of amides is 2. The molecule has 0 bridgehead atoms. The van der Waals surface area contributed by atoms with Gasteiger partial charge in [0.1, 0.15) is 23.1 Å². The van der Waals surface area contributed by atoms with Gasteiger partial charge in [0.05, 0.1) is 5.69 Å². The standard InChI is InChI=1S/C29H33N3O4/c1-28(2,3)20-13-8-10-16-24(20)35-26-21(14-11-17-30-26)31-25(33)23-18-19-12-7-9-15-22(19)32(23)27(34)36-29(4,5)6/h7-17,23H,18H2,1-6H3,(H,31,33). The van der Waals surface area contributed by atoms with Gasteiger partial charge in [-0.25, -0.2) is 9.78 Å². The molecule has 1 aromatic heterocycles. The smallest absolute Gasteiger partial charge is 0.415 e. The van der Waals surface area contributed by atoms with Crippen LogP contribution in [0.3, 0.4) is 0 Å². The zero-order valence-corrected chi connectivity index (χ0v) is 21.7. The number of carbonyl (C=O) groups is 2. The largest absolute Gasteiger partial charge is 0.443 e. The van der Waals surface area contributed by atoms with Crippen LogP contribution in [-0.2, 0) is 21.4 Å². The molecule has 7 nitrogen and oxygen atoms in total. The van der Waals surface area contributed by atoms with E-state index in [-0.39, 0.29) is 17.2 Å². The molecule has 0 saturated heterocycles. The van der Waals surface area contributed by atoms with Crippen LogP contribution in [-0.4, -0.2) is 28.6 Å². The number of anilines is 2. The normalized spacial score (nSPS) is 15.3. The second-order valence-corrected chi connectivity index (χ2v) is 10.9. The number of pyridine rings is 1. The Hall–Kier alpha value is -3.87. The zero-order chi connectivity index (χ0) is 26.1. The number of aromatic nitrogens is 1. The van der Waals surface area contributed by atoms with E-state index in [1.165, 1.54) is 4.90 Å². The van der Waals surface area contributed by atoms with Gasteiger partial charge in [-0.2, -0.15) is 0 Å². The first kappa shape index (κ1) is 25.2. The van der Waals surface area contributed by atoms with E-state index in [2.05, 4.69) is 31.1 Å². The van der Waals surface area contributed by atoms with Crippen molar-refractivity contribution in [2.45, 2.75) is 65.0 Å². The van der Waals surface area contributed by atoms with E-state index < -0.39 is 17.7 Å². The lowest BCUT2D eigenvalue weighted by atomic mass is 9.86. The number of benzene rings is 2. The molecule has 0 spiro atoms. The molecule has 3 aromatic rings. The van der Waals surface area contributed by atoms with Crippen LogP contribution in [0, 0.1) is 0 Å². The predicted octanol–water partition coefficient (Wildman–Crippen LogP) is 6.48. The number of hydrogen-bond acceptors (Lipinski definition) is 5. The fraction of sp³-hybridized carbons (Fsp3) is 0.345. The lowest BCUT2D eigenvalue weighted by Crippen LogP contribution is -2.47. The number of para-hydroxylation sites is 2. The third kappa shape index (κ3) is 5.51. The van der Waals surface area contributed by atoms with Crippen LogP contribution >= 0.6 is 0 Å². The highest BCUT2D eigenvalue weighted by molar-refractivity contribution is 6.05. The number of rotatable bonds is 4. The molecular weight excluding hydrogens is 454 g/mol. The van der Waals surface area contributed by atoms with Gasteiger partial charge in [-0.05, 0) is 56.0 Å². The van der Waals surface area contributed by atoms with Crippen molar-refractivity contribution in [1.29, 1.82) is 0 Å². The van der Waals surface area contributed by atoms with Gasteiger partial charge in [0.25, 0.3) is 0 Å². The van der Waals surface area contributed by atoms with Gasteiger partial charge in [0, 0.05) is 18.2 Å². The topological polar surface area (TPSA) is 80.8 Å². The number of ether oxygens (including phenoxy) is 2. The number of hydrogen-bond donors (Lipinski definition) is 1. The minimum absolute atomic E-state index is 0.141. The van der Waals surface area contributed by atoms with E-state index in [0.717, 1.165) is 11.1 Å². The molecule has 0 radical (unpaired) electrons. The van der Waals surface area contributed by atoms with Crippen molar-refractivity contribution >= 4 is 23.4 Å². The van der Waals surface area contributed by atoms with E-state index in [1.807, 2.05) is 48.5 Å². The summed E-state index contributed by atoms with van der Waals surface area (Å²) in [5.41, 5.74) is 2.19. The summed E-state index contributed by atoms with van der Waals surface area (Å²) in [7, 11) is 0. The molecule has 1 aliphatic rings. The molecular formula is C29H33N3O4. The first-order valence-corrected chi connectivity index (χ1v) is 12.1. The minimum atomic E-state index is -0.771. The molecule has 4 rings (SSSR count). The summed E-state index contributed by atoms with van der Waals surface area (Å²) in [5, 5.41) is 2.94. The third-order valence-electron chi connectivity index (χ3n) is 5.80. The summed E-state index contributed by atoms with van der Waals surface area (Å²) in [4.78, 5) is 32.5. The highest BCUT2D eigenvalue weighted by atomic mass is 16.6. The molecule has 1 unspecified atom stereocenters. The Balaban J connectivity index is 1.61. The molecule has 2 amide bonds. The summed E-state index contributed by atoms with van der Waals surface area (Å²) in [6.45, 7) is 11.7. The molecule has 0 saturated carbocycles. The molecule has 36 heavy (non-hydrogen) atoms. The maximum Gasteiger partial charge on any atom is 0.415 e. The number of fused-ring (bicyclic) bond motifs is 1. The van der Waals surface area contributed by atoms with Crippen molar-refractivity contribution in [2.75, 3.05) is 10.2 Å². The summed E-state index contributed by atoms with van der Waals surface area (Å²) in [6, 6.07) is 18.0. The monoisotopic (exact) mass is 487 g/mol. The highest BCUT2D eigenvalue weighted by Crippen LogP contribution is 2.37. The first-order valence-electron chi connectivity index (χ1n) is 12.1. The molecule has 2 heterocycles. The number of nitrogens with zero attached hydrogens (tertiary/aromatic N) is 2. The second-order valence-electron chi connectivity index (χ2n) is 10.9. The van der Waals surface area contributed by atoms with Gasteiger partial charge in [0.15, 0.2) is 0 Å². The molecule has 2 aromatic carbocycles. The van der Waals surface area contributed by atoms with E-state index in [9.17, 15) is 9.59 Å². The maximum absolute atomic E-state index is 13.6. The molecule has 0 aliphatic carbocycles. The van der Waals surface area contributed by atoms with Gasteiger partial charge in [-0.1, -0.05) is 57.2 Å². The van der Waals surface area contributed by atoms with Crippen LogP contribution < -0.4 is 15.0 Å². The summed E-state index contributed by atoms with van der Waals surface area (Å²) >= 11 is 0. The van der Waals surface area contributed by atoms with Crippen LogP contribution in [0.4, 0.5) is 16.2 Å². The van der Waals surface area contributed by atoms with Gasteiger partial charge in [-0.3, -0.25) is 9.69 Å². The minimum Gasteiger partial charge on any atom is -0.443 e.